The lowest BCUT2D eigenvalue weighted by Crippen LogP contribution is -2.41. The average molecular weight is 388 g/mol. The van der Waals surface area contributed by atoms with Crippen molar-refractivity contribution in [3.63, 3.8) is 0 Å². The van der Waals surface area contributed by atoms with Crippen LogP contribution in [-0.2, 0) is 4.79 Å². The molecule has 1 atom stereocenters. The van der Waals surface area contributed by atoms with Crippen LogP contribution >= 0.6 is 11.6 Å². The summed E-state index contributed by atoms with van der Waals surface area (Å²) in [5.74, 6) is -2.18. The van der Waals surface area contributed by atoms with E-state index in [4.69, 9.17) is 11.6 Å². The smallest absolute Gasteiger partial charge is 0.282 e. The Morgan fingerprint density at radius 2 is 1.89 bits per heavy atom. The van der Waals surface area contributed by atoms with Gasteiger partial charge in [0.15, 0.2) is 0 Å². The van der Waals surface area contributed by atoms with Crippen LogP contribution in [0.2, 0.25) is 5.02 Å². The summed E-state index contributed by atoms with van der Waals surface area (Å²) in [6.45, 7) is 1.17. The summed E-state index contributed by atoms with van der Waals surface area (Å²) < 4.78 is 0. The number of imide groups is 1. The minimum absolute atomic E-state index is 0.0823. The largest absolute Gasteiger partial charge is 0.348 e. The molecule has 0 saturated carbocycles. The molecule has 0 fully saturated rings. The summed E-state index contributed by atoms with van der Waals surface area (Å²) in [4.78, 5) is 48.3. The van der Waals surface area contributed by atoms with Crippen molar-refractivity contribution in [1.82, 2.24) is 10.2 Å². The first-order valence-electron chi connectivity index (χ1n) is 7.98. The number of hydrogen-bond acceptors (Lipinski definition) is 5. The Labute approximate surface area is 158 Å². The van der Waals surface area contributed by atoms with Crippen LogP contribution < -0.4 is 5.32 Å². The molecule has 1 aliphatic rings. The van der Waals surface area contributed by atoms with Gasteiger partial charge in [-0.15, -0.1) is 0 Å². The molecule has 1 N–H and O–H groups in total. The number of carbonyl (C=O) groups is 3. The topological polar surface area (TPSA) is 110 Å². The lowest BCUT2D eigenvalue weighted by Gasteiger charge is -2.18. The zero-order valence-electron chi connectivity index (χ0n) is 14.1. The molecule has 0 saturated heterocycles. The van der Waals surface area contributed by atoms with Gasteiger partial charge in [-0.3, -0.25) is 29.4 Å². The number of nitrogens with zero attached hydrogens (tertiary/aromatic N) is 2. The fourth-order valence-corrected chi connectivity index (χ4v) is 3.25. The van der Waals surface area contributed by atoms with E-state index in [0.29, 0.717) is 15.5 Å². The molecule has 9 heteroatoms. The number of carbonyl (C=O) groups excluding carboxylic acids is 3. The Kier molecular flexibility index (Phi) is 4.91. The first-order chi connectivity index (χ1) is 12.8. The number of benzene rings is 2. The molecule has 0 bridgehead atoms. The zero-order chi connectivity index (χ0) is 19.7. The number of nitrogens with one attached hydrogen (secondary N) is 1. The number of fused-ring (bicyclic) bond motifs is 1. The lowest BCUT2D eigenvalue weighted by atomic mass is 10.1. The maximum absolute atomic E-state index is 12.5. The molecule has 0 aromatic heterocycles. The third-order valence-corrected chi connectivity index (χ3v) is 4.57. The molecule has 138 valence electrons. The highest BCUT2D eigenvalue weighted by atomic mass is 35.5. The van der Waals surface area contributed by atoms with Crippen LogP contribution in [0.1, 0.15) is 39.2 Å². The number of hydrogen-bond donors (Lipinski definition) is 1. The van der Waals surface area contributed by atoms with Crippen LogP contribution in [0.25, 0.3) is 0 Å². The summed E-state index contributed by atoms with van der Waals surface area (Å²) in [6, 6.07) is 10.3. The van der Waals surface area contributed by atoms with E-state index < -0.39 is 40.9 Å². The van der Waals surface area contributed by atoms with Crippen molar-refractivity contribution >= 4 is 35.0 Å². The molecular formula is C18H14ClN3O5. The van der Waals surface area contributed by atoms with Gasteiger partial charge >= 0.3 is 0 Å². The van der Waals surface area contributed by atoms with Crippen LogP contribution in [-0.4, -0.2) is 34.1 Å². The molecule has 1 unspecified atom stereocenters. The van der Waals surface area contributed by atoms with Gasteiger partial charge in [-0.1, -0.05) is 35.9 Å². The Hall–Kier alpha value is -3.26. The molecular weight excluding hydrogens is 374 g/mol. The van der Waals surface area contributed by atoms with Gasteiger partial charge in [0.25, 0.3) is 17.5 Å². The standard InChI is InChI=1S/C18H14ClN3O5/c1-10(11-5-2-3-7-13(11)19)20-15(23)9-21-17(24)12-6-4-8-14(22(26)27)16(12)18(21)25/h2-8,10H,9H2,1H3,(H,20,23). The Bertz CT molecular complexity index is 975. The van der Waals surface area contributed by atoms with Gasteiger partial charge in [-0.2, -0.15) is 0 Å². The summed E-state index contributed by atoms with van der Waals surface area (Å²) in [6.07, 6.45) is 0. The van der Waals surface area contributed by atoms with E-state index in [-0.39, 0.29) is 11.1 Å². The predicted octanol–water partition coefficient (Wildman–Crippen LogP) is 2.72. The van der Waals surface area contributed by atoms with Crippen LogP contribution in [0.5, 0.6) is 0 Å². The van der Waals surface area contributed by atoms with Gasteiger partial charge in [0.1, 0.15) is 12.1 Å². The highest BCUT2D eigenvalue weighted by Crippen LogP contribution is 2.30. The van der Waals surface area contributed by atoms with Crippen LogP contribution in [0, 0.1) is 10.1 Å². The molecule has 1 heterocycles. The fraction of sp³-hybridized carbons (Fsp3) is 0.167. The summed E-state index contributed by atoms with van der Waals surface area (Å²) >= 11 is 6.09. The van der Waals surface area contributed by atoms with Crippen molar-refractivity contribution < 1.29 is 19.3 Å². The normalized spacial score (nSPS) is 14.1. The lowest BCUT2D eigenvalue weighted by molar-refractivity contribution is -0.385. The second-order valence-electron chi connectivity index (χ2n) is 5.96. The van der Waals surface area contributed by atoms with Crippen molar-refractivity contribution in [2.75, 3.05) is 6.54 Å². The number of nitro groups is 1. The van der Waals surface area contributed by atoms with Gasteiger partial charge in [0.05, 0.1) is 16.5 Å². The van der Waals surface area contributed by atoms with Crippen LogP contribution in [0.3, 0.4) is 0 Å². The first kappa shape index (κ1) is 18.5. The third kappa shape index (κ3) is 3.39. The molecule has 0 radical (unpaired) electrons. The van der Waals surface area contributed by atoms with Crippen molar-refractivity contribution in [3.8, 4) is 0 Å². The first-order valence-corrected chi connectivity index (χ1v) is 8.36. The molecule has 1 aliphatic heterocycles. The molecule has 0 aliphatic carbocycles. The van der Waals surface area contributed by atoms with Gasteiger partial charge in [-0.25, -0.2) is 0 Å². The maximum Gasteiger partial charge on any atom is 0.282 e. The van der Waals surface area contributed by atoms with E-state index in [2.05, 4.69) is 5.32 Å². The maximum atomic E-state index is 12.5. The quantitative estimate of drug-likeness (QED) is 0.482. The zero-order valence-corrected chi connectivity index (χ0v) is 14.9. The average Bonchev–Trinajstić information content (AvgIpc) is 2.87. The Morgan fingerprint density at radius 1 is 1.19 bits per heavy atom. The van der Waals surface area contributed by atoms with Crippen molar-refractivity contribution in [3.05, 3.63) is 74.3 Å². The fourth-order valence-electron chi connectivity index (χ4n) is 2.95. The monoisotopic (exact) mass is 387 g/mol. The van der Waals surface area contributed by atoms with E-state index in [1.807, 2.05) is 0 Å². The van der Waals surface area contributed by atoms with Gasteiger partial charge in [-0.05, 0) is 24.6 Å². The molecule has 2 aromatic rings. The van der Waals surface area contributed by atoms with E-state index >= 15 is 0 Å². The second-order valence-corrected chi connectivity index (χ2v) is 6.37. The predicted molar refractivity (Wildman–Crippen MR) is 96.5 cm³/mol. The van der Waals surface area contributed by atoms with Crippen molar-refractivity contribution in [2.24, 2.45) is 0 Å². The SMILES string of the molecule is CC(NC(=O)CN1C(=O)c2cccc([N+](=O)[O-])c2C1=O)c1ccccc1Cl. The molecule has 0 spiro atoms. The summed E-state index contributed by atoms with van der Waals surface area (Å²) in [7, 11) is 0. The number of rotatable bonds is 5. The second kappa shape index (κ2) is 7.16. The van der Waals surface area contributed by atoms with E-state index in [9.17, 15) is 24.5 Å². The van der Waals surface area contributed by atoms with Gasteiger partial charge in [0.2, 0.25) is 5.91 Å². The molecule has 8 nitrogen and oxygen atoms in total. The minimum Gasteiger partial charge on any atom is -0.348 e. The Morgan fingerprint density at radius 3 is 2.56 bits per heavy atom. The van der Waals surface area contributed by atoms with Gasteiger partial charge in [0, 0.05) is 11.1 Å². The van der Waals surface area contributed by atoms with E-state index in [1.165, 1.54) is 12.1 Å². The molecule has 3 rings (SSSR count). The van der Waals surface area contributed by atoms with Crippen molar-refractivity contribution in [1.29, 1.82) is 0 Å². The summed E-state index contributed by atoms with van der Waals surface area (Å²) in [5.41, 5.74) is -0.149. The highest BCUT2D eigenvalue weighted by molar-refractivity contribution is 6.31. The highest BCUT2D eigenvalue weighted by Gasteiger charge is 2.41. The van der Waals surface area contributed by atoms with E-state index in [0.717, 1.165) is 6.07 Å². The number of nitro benzene ring substituents is 1. The van der Waals surface area contributed by atoms with Crippen molar-refractivity contribution in [2.45, 2.75) is 13.0 Å². The molecule has 2 aromatic carbocycles. The third-order valence-electron chi connectivity index (χ3n) is 4.22. The van der Waals surface area contributed by atoms with Gasteiger partial charge < -0.3 is 5.32 Å². The number of halogens is 1. The molecule has 27 heavy (non-hydrogen) atoms. The Balaban J connectivity index is 1.77. The number of amides is 3. The van der Waals surface area contributed by atoms with E-state index in [1.54, 1.807) is 31.2 Å². The van der Waals surface area contributed by atoms with Crippen LogP contribution in [0.15, 0.2) is 42.5 Å². The van der Waals surface area contributed by atoms with Crippen LogP contribution in [0.4, 0.5) is 5.69 Å². The summed E-state index contributed by atoms with van der Waals surface area (Å²) in [5, 5.41) is 14.2. The molecule has 3 amide bonds. The minimum atomic E-state index is -0.858.